The highest BCUT2D eigenvalue weighted by molar-refractivity contribution is 5.86. The molecule has 1 aliphatic rings. The smallest absolute Gasteiger partial charge is 0.191 e. The van der Waals surface area contributed by atoms with E-state index in [-0.39, 0.29) is 0 Å². The van der Waals surface area contributed by atoms with Gasteiger partial charge in [-0.3, -0.25) is 9.67 Å². The van der Waals surface area contributed by atoms with E-state index in [0.29, 0.717) is 6.04 Å². The fourth-order valence-electron chi connectivity index (χ4n) is 3.26. The molecule has 25 heavy (non-hydrogen) atoms. The quantitative estimate of drug-likeness (QED) is 0.433. The summed E-state index contributed by atoms with van der Waals surface area (Å²) in [6.07, 6.45) is 8.39. The van der Waals surface area contributed by atoms with E-state index in [1.165, 1.54) is 25.7 Å². The van der Waals surface area contributed by atoms with E-state index < -0.39 is 0 Å². The third kappa shape index (κ3) is 4.37. The van der Waals surface area contributed by atoms with Gasteiger partial charge in [0.2, 0.25) is 0 Å². The fraction of sp³-hybridized carbons (Fsp3) is 0.647. The molecule has 0 spiro atoms. The molecule has 1 fully saturated rings. The number of fused-ring (bicyclic) bond motifs is 1. The predicted molar refractivity (Wildman–Crippen MR) is 101 cm³/mol. The minimum absolute atomic E-state index is 0.534. The molecule has 136 valence electrons. The lowest BCUT2D eigenvalue weighted by Crippen LogP contribution is -2.45. The molecular formula is C17H28N8. The van der Waals surface area contributed by atoms with Crippen LogP contribution >= 0.6 is 0 Å². The Morgan fingerprint density at radius 2 is 2.04 bits per heavy atom. The molecule has 0 radical (unpaired) electrons. The van der Waals surface area contributed by atoms with Gasteiger partial charge in [-0.2, -0.15) is 5.10 Å². The summed E-state index contributed by atoms with van der Waals surface area (Å²) in [7, 11) is 3.69. The van der Waals surface area contributed by atoms with Gasteiger partial charge in [0.15, 0.2) is 11.6 Å². The van der Waals surface area contributed by atoms with E-state index in [1.54, 1.807) is 17.2 Å². The maximum absolute atomic E-state index is 4.33. The standard InChI is InChI=1S/C17H28N8/c1-12-4-6-13(7-5-12)24-17(18-2)20-9-8-19-15-14-10-23-25(3)16(14)22-11-21-15/h10-13H,4-9H2,1-3H3,(H2,18,20,24)(H,19,21,22). The van der Waals surface area contributed by atoms with E-state index in [4.69, 9.17) is 0 Å². The number of rotatable bonds is 5. The summed E-state index contributed by atoms with van der Waals surface area (Å²) in [6.45, 7) is 3.83. The molecule has 0 amide bonds. The molecule has 3 rings (SSSR count). The summed E-state index contributed by atoms with van der Waals surface area (Å²) >= 11 is 0. The Balaban J connectivity index is 1.45. The third-order valence-corrected chi connectivity index (χ3v) is 4.82. The van der Waals surface area contributed by atoms with Gasteiger partial charge in [-0.05, 0) is 31.6 Å². The van der Waals surface area contributed by atoms with Gasteiger partial charge in [-0.25, -0.2) is 9.97 Å². The van der Waals surface area contributed by atoms with E-state index in [2.05, 4.69) is 42.9 Å². The summed E-state index contributed by atoms with van der Waals surface area (Å²) < 4.78 is 1.75. The van der Waals surface area contributed by atoms with Gasteiger partial charge >= 0.3 is 0 Å². The number of nitrogens with one attached hydrogen (secondary N) is 3. The minimum atomic E-state index is 0.534. The maximum Gasteiger partial charge on any atom is 0.191 e. The van der Waals surface area contributed by atoms with Crippen molar-refractivity contribution in [1.29, 1.82) is 0 Å². The Hall–Kier alpha value is -2.38. The molecule has 0 atom stereocenters. The van der Waals surface area contributed by atoms with E-state index in [9.17, 15) is 0 Å². The molecular weight excluding hydrogens is 316 g/mol. The summed E-state index contributed by atoms with van der Waals surface area (Å²) in [4.78, 5) is 12.9. The van der Waals surface area contributed by atoms with Crippen molar-refractivity contribution in [3.63, 3.8) is 0 Å². The van der Waals surface area contributed by atoms with Crippen LogP contribution in [0.4, 0.5) is 5.82 Å². The second-order valence-electron chi connectivity index (χ2n) is 6.75. The number of hydrogen-bond donors (Lipinski definition) is 3. The number of nitrogens with zero attached hydrogens (tertiary/aromatic N) is 5. The van der Waals surface area contributed by atoms with E-state index >= 15 is 0 Å². The van der Waals surface area contributed by atoms with Crippen LogP contribution in [-0.2, 0) is 7.05 Å². The molecule has 0 unspecified atom stereocenters. The summed E-state index contributed by atoms with van der Waals surface area (Å²) in [6, 6.07) is 0.534. The third-order valence-electron chi connectivity index (χ3n) is 4.82. The first-order valence-corrected chi connectivity index (χ1v) is 9.01. The zero-order chi connectivity index (χ0) is 17.6. The molecule has 1 saturated carbocycles. The first-order chi connectivity index (χ1) is 12.2. The average molecular weight is 344 g/mol. The average Bonchev–Trinajstić information content (AvgIpc) is 3.01. The number of aryl methyl sites for hydroxylation is 1. The largest absolute Gasteiger partial charge is 0.368 e. The Morgan fingerprint density at radius 3 is 2.80 bits per heavy atom. The lowest BCUT2D eigenvalue weighted by Gasteiger charge is -2.28. The molecule has 0 saturated heterocycles. The van der Waals surface area contributed by atoms with Gasteiger partial charge < -0.3 is 16.0 Å². The number of anilines is 1. The molecule has 8 nitrogen and oxygen atoms in total. The predicted octanol–water partition coefficient (Wildman–Crippen LogP) is 1.52. The summed E-state index contributed by atoms with van der Waals surface area (Å²) in [5.41, 5.74) is 0.828. The Morgan fingerprint density at radius 1 is 1.24 bits per heavy atom. The Kier molecular flexibility index (Phi) is 5.67. The van der Waals surface area contributed by atoms with Crippen LogP contribution in [0.5, 0.6) is 0 Å². The highest BCUT2D eigenvalue weighted by Gasteiger charge is 2.18. The summed E-state index contributed by atoms with van der Waals surface area (Å²) in [5, 5.41) is 15.4. The van der Waals surface area contributed by atoms with Crippen molar-refractivity contribution in [2.45, 2.75) is 38.6 Å². The van der Waals surface area contributed by atoms with Crippen LogP contribution in [0, 0.1) is 5.92 Å². The number of hydrogen-bond acceptors (Lipinski definition) is 5. The van der Waals surface area contributed by atoms with Crippen molar-refractivity contribution in [2.24, 2.45) is 18.0 Å². The van der Waals surface area contributed by atoms with Crippen LogP contribution in [-0.4, -0.2) is 51.9 Å². The van der Waals surface area contributed by atoms with Crippen LogP contribution < -0.4 is 16.0 Å². The molecule has 0 aliphatic heterocycles. The van der Waals surface area contributed by atoms with Gasteiger partial charge in [-0.15, -0.1) is 0 Å². The monoisotopic (exact) mass is 344 g/mol. The number of aromatic nitrogens is 4. The van der Waals surface area contributed by atoms with Crippen molar-refractivity contribution in [2.75, 3.05) is 25.5 Å². The van der Waals surface area contributed by atoms with Crippen LogP contribution in [0.3, 0.4) is 0 Å². The second-order valence-corrected chi connectivity index (χ2v) is 6.75. The van der Waals surface area contributed by atoms with Crippen LogP contribution in [0.2, 0.25) is 0 Å². The van der Waals surface area contributed by atoms with E-state index in [0.717, 1.165) is 41.8 Å². The normalized spacial score (nSPS) is 21.3. The molecule has 2 heterocycles. The van der Waals surface area contributed by atoms with Gasteiger partial charge in [0, 0.05) is 33.2 Å². The van der Waals surface area contributed by atoms with Crippen molar-refractivity contribution in [3.05, 3.63) is 12.5 Å². The van der Waals surface area contributed by atoms with Crippen LogP contribution in [0.25, 0.3) is 11.0 Å². The van der Waals surface area contributed by atoms with Crippen molar-refractivity contribution >= 4 is 22.8 Å². The molecule has 1 aliphatic carbocycles. The van der Waals surface area contributed by atoms with Gasteiger partial charge in [0.05, 0.1) is 11.6 Å². The van der Waals surface area contributed by atoms with E-state index in [1.807, 2.05) is 14.1 Å². The number of guanidine groups is 1. The lowest BCUT2D eigenvalue weighted by molar-refractivity contribution is 0.329. The molecule has 2 aromatic rings. The Labute approximate surface area is 148 Å². The van der Waals surface area contributed by atoms with Crippen molar-refractivity contribution in [1.82, 2.24) is 30.4 Å². The fourth-order valence-corrected chi connectivity index (χ4v) is 3.26. The SMILES string of the molecule is CN=C(NCCNc1ncnc2c1cnn2C)NC1CCC(C)CC1. The highest BCUT2D eigenvalue weighted by atomic mass is 15.3. The summed E-state index contributed by atoms with van der Waals surface area (Å²) in [5.74, 6) is 2.54. The second kappa shape index (κ2) is 8.13. The topological polar surface area (TPSA) is 92.1 Å². The molecule has 0 aromatic carbocycles. The Bertz CT molecular complexity index is 715. The number of aliphatic imine (C=N–C) groups is 1. The zero-order valence-corrected chi connectivity index (χ0v) is 15.3. The van der Waals surface area contributed by atoms with Gasteiger partial charge in [0.1, 0.15) is 12.1 Å². The molecule has 8 heteroatoms. The van der Waals surface area contributed by atoms with Crippen LogP contribution in [0.15, 0.2) is 17.5 Å². The molecule has 3 N–H and O–H groups in total. The van der Waals surface area contributed by atoms with Crippen LogP contribution in [0.1, 0.15) is 32.6 Å². The van der Waals surface area contributed by atoms with Crippen molar-refractivity contribution < 1.29 is 0 Å². The van der Waals surface area contributed by atoms with Crippen molar-refractivity contribution in [3.8, 4) is 0 Å². The molecule has 0 bridgehead atoms. The highest BCUT2D eigenvalue weighted by Crippen LogP contribution is 2.23. The lowest BCUT2D eigenvalue weighted by atomic mass is 9.87. The first-order valence-electron chi connectivity index (χ1n) is 9.01. The van der Waals surface area contributed by atoms with Gasteiger partial charge in [-0.1, -0.05) is 6.92 Å². The first kappa shape index (κ1) is 17.4. The zero-order valence-electron chi connectivity index (χ0n) is 15.3. The maximum atomic E-state index is 4.33. The van der Waals surface area contributed by atoms with Gasteiger partial charge in [0.25, 0.3) is 0 Å². The molecule has 2 aromatic heterocycles. The minimum Gasteiger partial charge on any atom is -0.368 e.